The van der Waals surface area contributed by atoms with Gasteiger partial charge in [-0.1, -0.05) is 24.3 Å². The van der Waals surface area contributed by atoms with E-state index in [9.17, 15) is 8.42 Å². The average Bonchev–Trinajstić information content (AvgIpc) is 2.43. The number of aryl methyl sites for hydroxylation is 1. The minimum atomic E-state index is -3.59. The first-order valence-corrected chi connectivity index (χ1v) is 8.60. The van der Waals surface area contributed by atoms with E-state index in [1.165, 1.54) is 0 Å². The largest absolute Gasteiger partial charge is 0.282 e. The highest BCUT2D eigenvalue weighted by atomic mass is 79.9. The van der Waals surface area contributed by atoms with Crippen LogP contribution in [0.15, 0.2) is 46.9 Å². The maximum Gasteiger partial charge on any atom is 0.237 e. The lowest BCUT2D eigenvalue weighted by molar-refractivity contribution is 0.600. The summed E-state index contributed by atoms with van der Waals surface area (Å²) in [5.41, 5.74) is 2.29. The van der Waals surface area contributed by atoms with E-state index >= 15 is 0 Å². The van der Waals surface area contributed by atoms with Gasteiger partial charge in [0, 0.05) is 4.47 Å². The van der Waals surface area contributed by atoms with Crippen molar-refractivity contribution in [2.24, 2.45) is 0 Å². The summed E-state index contributed by atoms with van der Waals surface area (Å²) < 4.78 is 27.7. The van der Waals surface area contributed by atoms with Gasteiger partial charge in [0.25, 0.3) is 0 Å². The molecular weight excluding hydrogens is 352 g/mol. The van der Waals surface area contributed by atoms with Crippen molar-refractivity contribution in [3.63, 3.8) is 0 Å². The predicted molar refractivity (Wildman–Crippen MR) is 86.3 cm³/mol. The highest BCUT2D eigenvalue weighted by Gasteiger charge is 2.15. The number of sulfonamides is 1. The van der Waals surface area contributed by atoms with Crippen LogP contribution in [0.3, 0.4) is 0 Å². The van der Waals surface area contributed by atoms with E-state index < -0.39 is 10.0 Å². The highest BCUT2D eigenvalue weighted by molar-refractivity contribution is 9.10. The first kappa shape index (κ1) is 15.5. The number of hydrogen-bond donors (Lipinski definition) is 1. The molecule has 0 aliphatic carbocycles. The third-order valence-electron chi connectivity index (χ3n) is 2.87. The summed E-state index contributed by atoms with van der Waals surface area (Å²) in [5.74, 6) is -0.239. The van der Waals surface area contributed by atoms with Crippen LogP contribution in [0.2, 0.25) is 0 Å². The number of hydrogen-bond acceptors (Lipinski definition) is 3. The minimum absolute atomic E-state index is 0.239. The maximum atomic E-state index is 12.3. The second kappa shape index (κ2) is 6.29. The van der Waals surface area contributed by atoms with Gasteiger partial charge in [0.05, 0.1) is 23.1 Å². The fourth-order valence-electron chi connectivity index (χ4n) is 1.88. The number of halogens is 1. The smallest absolute Gasteiger partial charge is 0.237 e. The SMILES string of the molecule is Cc1ccc(Br)c(NS(=O)(=O)Cc2ccccc2C#N)c1. The third-order valence-corrected chi connectivity index (χ3v) is 4.78. The van der Waals surface area contributed by atoms with E-state index in [1.807, 2.05) is 19.1 Å². The van der Waals surface area contributed by atoms with Crippen molar-refractivity contribution in [2.45, 2.75) is 12.7 Å². The van der Waals surface area contributed by atoms with Crippen molar-refractivity contribution in [2.75, 3.05) is 4.72 Å². The summed E-state index contributed by atoms with van der Waals surface area (Å²) in [6.07, 6.45) is 0. The average molecular weight is 365 g/mol. The Kier molecular flexibility index (Phi) is 4.66. The molecule has 2 rings (SSSR count). The molecule has 1 N–H and O–H groups in total. The minimum Gasteiger partial charge on any atom is -0.282 e. The second-order valence-electron chi connectivity index (χ2n) is 4.61. The molecule has 6 heteroatoms. The normalized spacial score (nSPS) is 10.9. The Morgan fingerprint density at radius 3 is 2.67 bits per heavy atom. The molecule has 0 aliphatic rings. The molecule has 0 heterocycles. The lowest BCUT2D eigenvalue weighted by atomic mass is 10.1. The molecule has 0 fully saturated rings. The second-order valence-corrected chi connectivity index (χ2v) is 7.19. The van der Waals surface area contributed by atoms with E-state index in [1.54, 1.807) is 36.4 Å². The van der Waals surface area contributed by atoms with Crippen molar-refractivity contribution >= 4 is 31.6 Å². The molecule has 4 nitrogen and oxygen atoms in total. The molecular formula is C15H13BrN2O2S. The summed E-state index contributed by atoms with van der Waals surface area (Å²) in [6, 6.07) is 14.1. The van der Waals surface area contributed by atoms with E-state index in [2.05, 4.69) is 20.7 Å². The number of nitriles is 1. The first-order valence-electron chi connectivity index (χ1n) is 6.16. The van der Waals surface area contributed by atoms with E-state index in [0.717, 1.165) is 5.56 Å². The Hall–Kier alpha value is -1.84. The van der Waals surface area contributed by atoms with Gasteiger partial charge in [-0.05, 0) is 52.2 Å². The molecule has 108 valence electrons. The van der Waals surface area contributed by atoms with Crippen molar-refractivity contribution < 1.29 is 8.42 Å². The zero-order chi connectivity index (χ0) is 15.5. The van der Waals surface area contributed by atoms with Gasteiger partial charge in [-0.15, -0.1) is 0 Å². The molecule has 0 aromatic heterocycles. The van der Waals surface area contributed by atoms with Crippen LogP contribution in [0.5, 0.6) is 0 Å². The quantitative estimate of drug-likeness (QED) is 0.901. The zero-order valence-corrected chi connectivity index (χ0v) is 13.7. The number of rotatable bonds is 4. The summed E-state index contributed by atoms with van der Waals surface area (Å²) in [4.78, 5) is 0. The zero-order valence-electron chi connectivity index (χ0n) is 11.3. The molecule has 0 bridgehead atoms. The van der Waals surface area contributed by atoms with Gasteiger partial charge in [0.15, 0.2) is 0 Å². The van der Waals surface area contributed by atoms with Crippen molar-refractivity contribution in [1.82, 2.24) is 0 Å². The van der Waals surface area contributed by atoms with Crippen LogP contribution in [0.4, 0.5) is 5.69 Å². The fourth-order valence-corrected chi connectivity index (χ4v) is 3.60. The van der Waals surface area contributed by atoms with E-state index in [-0.39, 0.29) is 5.75 Å². The number of nitrogens with one attached hydrogen (secondary N) is 1. The highest BCUT2D eigenvalue weighted by Crippen LogP contribution is 2.25. The number of nitrogens with zero attached hydrogens (tertiary/aromatic N) is 1. The Morgan fingerprint density at radius 2 is 1.95 bits per heavy atom. The lowest BCUT2D eigenvalue weighted by Crippen LogP contribution is -2.16. The Balaban J connectivity index is 2.27. The van der Waals surface area contributed by atoms with Crippen molar-refractivity contribution in [1.29, 1.82) is 5.26 Å². The maximum absolute atomic E-state index is 12.3. The van der Waals surface area contributed by atoms with Gasteiger partial charge in [0.2, 0.25) is 10.0 Å². The van der Waals surface area contributed by atoms with Gasteiger partial charge < -0.3 is 0 Å². The molecule has 2 aromatic carbocycles. The van der Waals surface area contributed by atoms with Crippen LogP contribution in [0, 0.1) is 18.3 Å². The van der Waals surface area contributed by atoms with Crippen LogP contribution < -0.4 is 4.72 Å². The first-order chi connectivity index (χ1) is 9.91. The fraction of sp³-hybridized carbons (Fsp3) is 0.133. The molecule has 0 unspecified atom stereocenters. The van der Waals surface area contributed by atoms with Gasteiger partial charge in [-0.3, -0.25) is 4.72 Å². The molecule has 0 saturated carbocycles. The monoisotopic (exact) mass is 364 g/mol. The summed E-state index contributed by atoms with van der Waals surface area (Å²) in [6.45, 7) is 1.88. The molecule has 0 spiro atoms. The summed E-state index contributed by atoms with van der Waals surface area (Å²) in [5, 5.41) is 9.01. The molecule has 2 aromatic rings. The summed E-state index contributed by atoms with van der Waals surface area (Å²) in [7, 11) is -3.59. The molecule has 0 amide bonds. The predicted octanol–water partition coefficient (Wildman–Crippen LogP) is 3.57. The Morgan fingerprint density at radius 1 is 1.24 bits per heavy atom. The molecule has 0 aliphatic heterocycles. The lowest BCUT2D eigenvalue weighted by Gasteiger charge is -2.11. The van der Waals surface area contributed by atoms with Gasteiger partial charge >= 0.3 is 0 Å². The van der Waals surface area contributed by atoms with Crippen molar-refractivity contribution in [3.05, 3.63) is 63.6 Å². The van der Waals surface area contributed by atoms with Gasteiger partial charge in [-0.2, -0.15) is 5.26 Å². The summed E-state index contributed by atoms with van der Waals surface area (Å²) >= 11 is 3.32. The van der Waals surface area contributed by atoms with Crippen molar-refractivity contribution in [3.8, 4) is 6.07 Å². The Labute approximate surface area is 132 Å². The third kappa shape index (κ3) is 4.06. The molecule has 0 saturated heterocycles. The number of anilines is 1. The van der Waals surface area contributed by atoms with Crippen LogP contribution in [0.25, 0.3) is 0 Å². The molecule has 21 heavy (non-hydrogen) atoms. The van der Waals surface area contributed by atoms with Crippen LogP contribution >= 0.6 is 15.9 Å². The molecule has 0 atom stereocenters. The van der Waals surface area contributed by atoms with Crippen LogP contribution in [-0.4, -0.2) is 8.42 Å². The van der Waals surface area contributed by atoms with Crippen LogP contribution in [0.1, 0.15) is 16.7 Å². The topological polar surface area (TPSA) is 70.0 Å². The van der Waals surface area contributed by atoms with E-state index in [4.69, 9.17) is 5.26 Å². The van der Waals surface area contributed by atoms with Gasteiger partial charge in [-0.25, -0.2) is 8.42 Å². The molecule has 0 radical (unpaired) electrons. The Bertz CT molecular complexity index is 811. The number of benzene rings is 2. The van der Waals surface area contributed by atoms with Gasteiger partial charge in [0.1, 0.15) is 0 Å². The van der Waals surface area contributed by atoms with Crippen LogP contribution in [-0.2, 0) is 15.8 Å². The van der Waals surface area contributed by atoms with E-state index in [0.29, 0.717) is 21.3 Å². The standard InChI is InChI=1S/C15H13BrN2O2S/c1-11-6-7-14(16)15(8-11)18-21(19,20)10-13-5-3-2-4-12(13)9-17/h2-8,18H,10H2,1H3.